The first-order valence-corrected chi connectivity index (χ1v) is 8.34. The van der Waals surface area contributed by atoms with E-state index in [0.29, 0.717) is 0 Å². The van der Waals surface area contributed by atoms with Gasteiger partial charge in [-0.3, -0.25) is 14.9 Å². The minimum atomic E-state index is -1.07. The summed E-state index contributed by atoms with van der Waals surface area (Å²) in [5.74, 6) is -1.84. The van der Waals surface area contributed by atoms with Gasteiger partial charge in [-0.2, -0.15) is 0 Å². The number of pyridine rings is 1. The van der Waals surface area contributed by atoms with Gasteiger partial charge in [-0.05, 0) is 12.1 Å². The van der Waals surface area contributed by atoms with E-state index in [4.69, 9.17) is 56.9 Å². The summed E-state index contributed by atoms with van der Waals surface area (Å²) in [4.78, 5) is 37.7. The number of aromatic nitrogens is 1. The number of nitrogens with two attached hydrogens (primary N) is 1. The lowest BCUT2D eigenvalue weighted by Crippen LogP contribution is -2.21. The average Bonchev–Trinajstić information content (AvgIpc) is 2.62. The van der Waals surface area contributed by atoms with E-state index in [1.807, 2.05) is 0 Å². The number of nitro benzene ring substituents is 1. The van der Waals surface area contributed by atoms with Gasteiger partial charge in [-0.15, -0.1) is 0 Å². The largest absolute Gasteiger partial charge is 0.451 e. The lowest BCUT2D eigenvalue weighted by molar-refractivity contribution is -0.384. The normalized spacial score (nSPS) is 10.4. The maximum atomic E-state index is 12.0. The summed E-state index contributed by atoms with van der Waals surface area (Å²) in [6, 6.07) is 3.64. The number of carbonyl (C=O) groups excluding carboxylic acids is 2. The number of nitrogens with zero attached hydrogens (tertiary/aromatic N) is 2. The fourth-order valence-corrected chi connectivity index (χ4v) is 2.57. The van der Waals surface area contributed by atoms with E-state index < -0.39 is 34.8 Å². The standard InChI is InChI=1S/C14H8Cl4N4O5/c15-6-2-1-5(3-7(6)22(25)26)20-8(23)4-27-14(24)12-9(16)11(19)10(17)13(18)21-12/h1-3H,4H2,(H2,19,21)(H,20,23). The summed E-state index contributed by atoms with van der Waals surface area (Å²) in [6.07, 6.45) is 0. The number of nitrogens with one attached hydrogen (secondary N) is 1. The molecule has 2 aromatic rings. The molecule has 0 saturated heterocycles. The highest BCUT2D eigenvalue weighted by molar-refractivity contribution is 6.46. The van der Waals surface area contributed by atoms with Crippen molar-refractivity contribution < 1.29 is 19.2 Å². The molecule has 1 aromatic heterocycles. The van der Waals surface area contributed by atoms with E-state index >= 15 is 0 Å². The summed E-state index contributed by atoms with van der Waals surface area (Å²) >= 11 is 23.0. The number of rotatable bonds is 5. The molecule has 0 aliphatic rings. The van der Waals surface area contributed by atoms with Crippen LogP contribution in [0.4, 0.5) is 17.1 Å². The Bertz CT molecular complexity index is 954. The van der Waals surface area contributed by atoms with Crippen LogP contribution in [0.2, 0.25) is 20.2 Å². The number of nitrogen functional groups attached to an aromatic ring is 1. The highest BCUT2D eigenvalue weighted by Crippen LogP contribution is 2.34. The summed E-state index contributed by atoms with van der Waals surface area (Å²) in [5.41, 5.74) is 4.70. The lowest BCUT2D eigenvalue weighted by atomic mass is 10.3. The van der Waals surface area contributed by atoms with Crippen LogP contribution in [0.5, 0.6) is 0 Å². The van der Waals surface area contributed by atoms with Gasteiger partial charge in [-0.25, -0.2) is 9.78 Å². The number of hydrogen-bond acceptors (Lipinski definition) is 7. The van der Waals surface area contributed by atoms with Crippen LogP contribution in [0.1, 0.15) is 10.5 Å². The first-order chi connectivity index (χ1) is 12.6. The number of amides is 1. The van der Waals surface area contributed by atoms with Gasteiger partial charge in [0.25, 0.3) is 11.6 Å². The van der Waals surface area contributed by atoms with Gasteiger partial charge in [0.05, 0.1) is 15.6 Å². The SMILES string of the molecule is Nc1c(Cl)c(Cl)nc(C(=O)OCC(=O)Nc2ccc(Cl)c([N+](=O)[O-])c2)c1Cl. The van der Waals surface area contributed by atoms with Gasteiger partial charge in [-0.1, -0.05) is 46.4 Å². The molecule has 0 radical (unpaired) electrons. The number of carbonyl (C=O) groups is 2. The van der Waals surface area contributed by atoms with Crippen LogP contribution in [0.25, 0.3) is 0 Å². The molecule has 3 N–H and O–H groups in total. The third-order valence-electron chi connectivity index (χ3n) is 3.03. The smallest absolute Gasteiger partial charge is 0.359 e. The van der Waals surface area contributed by atoms with Crippen LogP contribution in [0.15, 0.2) is 18.2 Å². The molecule has 1 heterocycles. The van der Waals surface area contributed by atoms with Crippen LogP contribution in [0, 0.1) is 10.1 Å². The van der Waals surface area contributed by atoms with Crippen molar-refractivity contribution in [3.05, 3.63) is 54.2 Å². The van der Waals surface area contributed by atoms with E-state index in [1.54, 1.807) is 0 Å². The molecule has 0 unspecified atom stereocenters. The quantitative estimate of drug-likeness (QED) is 0.302. The molecule has 0 fully saturated rings. The van der Waals surface area contributed by atoms with Crippen molar-refractivity contribution >= 4 is 75.3 Å². The highest BCUT2D eigenvalue weighted by Gasteiger charge is 2.22. The van der Waals surface area contributed by atoms with Gasteiger partial charge in [0.15, 0.2) is 17.5 Å². The van der Waals surface area contributed by atoms with Crippen molar-refractivity contribution in [3.63, 3.8) is 0 Å². The van der Waals surface area contributed by atoms with E-state index in [0.717, 1.165) is 6.07 Å². The van der Waals surface area contributed by atoms with Crippen molar-refractivity contribution in [2.45, 2.75) is 0 Å². The lowest BCUT2D eigenvalue weighted by Gasteiger charge is -2.09. The minimum absolute atomic E-state index is 0.0853. The summed E-state index contributed by atoms with van der Waals surface area (Å²) in [6.45, 7) is -0.729. The molecule has 0 bridgehead atoms. The third kappa shape index (κ3) is 4.89. The Morgan fingerprint density at radius 2 is 1.89 bits per heavy atom. The number of ether oxygens (including phenoxy) is 1. The number of hydrogen-bond donors (Lipinski definition) is 2. The maximum absolute atomic E-state index is 12.0. The molecule has 9 nitrogen and oxygen atoms in total. The molecule has 1 aromatic carbocycles. The average molecular weight is 454 g/mol. The Morgan fingerprint density at radius 3 is 2.52 bits per heavy atom. The van der Waals surface area contributed by atoms with Crippen LogP contribution in [-0.4, -0.2) is 28.4 Å². The molecule has 27 heavy (non-hydrogen) atoms. The molecular formula is C14H8Cl4N4O5. The first-order valence-electron chi connectivity index (χ1n) is 6.82. The molecule has 1 amide bonds. The minimum Gasteiger partial charge on any atom is -0.451 e. The summed E-state index contributed by atoms with van der Waals surface area (Å²) < 4.78 is 4.78. The van der Waals surface area contributed by atoms with Gasteiger partial charge in [0.1, 0.15) is 10.0 Å². The molecule has 13 heteroatoms. The van der Waals surface area contributed by atoms with Crippen molar-refractivity contribution in [1.82, 2.24) is 4.98 Å². The first kappa shape index (κ1) is 21.0. The van der Waals surface area contributed by atoms with E-state index in [-0.39, 0.29) is 31.6 Å². The fraction of sp³-hybridized carbons (Fsp3) is 0.0714. The third-order valence-corrected chi connectivity index (χ3v) is 4.48. The zero-order valence-corrected chi connectivity index (χ0v) is 16.0. The van der Waals surface area contributed by atoms with Crippen molar-refractivity contribution in [2.75, 3.05) is 17.7 Å². The second-order valence-electron chi connectivity index (χ2n) is 4.84. The van der Waals surface area contributed by atoms with Gasteiger partial charge >= 0.3 is 5.97 Å². The van der Waals surface area contributed by atoms with Crippen LogP contribution in [-0.2, 0) is 9.53 Å². The second kappa shape index (κ2) is 8.57. The van der Waals surface area contributed by atoms with Gasteiger partial charge < -0.3 is 15.8 Å². The Labute approximate surface area is 171 Å². The second-order valence-corrected chi connectivity index (χ2v) is 6.36. The predicted octanol–water partition coefficient (Wildman–Crippen LogP) is 3.98. The molecule has 142 valence electrons. The number of anilines is 2. The van der Waals surface area contributed by atoms with Gasteiger partial charge in [0.2, 0.25) is 0 Å². The Morgan fingerprint density at radius 1 is 1.22 bits per heavy atom. The zero-order valence-electron chi connectivity index (χ0n) is 13.0. The Kier molecular flexibility index (Phi) is 6.66. The maximum Gasteiger partial charge on any atom is 0.359 e. The molecule has 0 spiro atoms. The Balaban J connectivity index is 2.05. The molecule has 0 atom stereocenters. The van der Waals surface area contributed by atoms with E-state index in [1.165, 1.54) is 12.1 Å². The van der Waals surface area contributed by atoms with Crippen LogP contribution in [0.3, 0.4) is 0 Å². The molecular weight excluding hydrogens is 446 g/mol. The number of halogens is 4. The molecule has 0 aliphatic carbocycles. The number of benzene rings is 1. The van der Waals surface area contributed by atoms with E-state index in [2.05, 4.69) is 10.3 Å². The molecule has 0 saturated carbocycles. The zero-order chi connectivity index (χ0) is 20.3. The highest BCUT2D eigenvalue weighted by atomic mass is 35.5. The molecule has 0 aliphatic heterocycles. The molecule has 2 rings (SSSR count). The summed E-state index contributed by atoms with van der Waals surface area (Å²) in [5, 5.41) is 12.4. The van der Waals surface area contributed by atoms with Gasteiger partial charge in [0, 0.05) is 11.8 Å². The number of esters is 1. The van der Waals surface area contributed by atoms with Crippen LogP contribution >= 0.6 is 46.4 Å². The van der Waals surface area contributed by atoms with Crippen molar-refractivity contribution in [1.29, 1.82) is 0 Å². The van der Waals surface area contributed by atoms with E-state index in [9.17, 15) is 19.7 Å². The summed E-state index contributed by atoms with van der Waals surface area (Å²) in [7, 11) is 0. The van der Waals surface area contributed by atoms with Crippen molar-refractivity contribution in [2.24, 2.45) is 0 Å². The van der Waals surface area contributed by atoms with Crippen LogP contribution < -0.4 is 11.1 Å². The van der Waals surface area contributed by atoms with Crippen molar-refractivity contribution in [3.8, 4) is 0 Å². The topological polar surface area (TPSA) is 137 Å². The fourth-order valence-electron chi connectivity index (χ4n) is 1.79. The monoisotopic (exact) mass is 452 g/mol. The Hall–Kier alpha value is -2.33. The number of nitro groups is 1. The predicted molar refractivity (Wildman–Crippen MR) is 101 cm³/mol.